The number of fused-ring (bicyclic) bond motifs is 1. The molecule has 6 nitrogen and oxygen atoms in total. The van der Waals surface area contributed by atoms with Crippen molar-refractivity contribution in [3.8, 4) is 11.5 Å². The number of methoxy groups -OCH3 is 2. The van der Waals surface area contributed by atoms with Crippen molar-refractivity contribution in [3.05, 3.63) is 56.8 Å². The molecular formula is C16H14BrN3O3. The molecule has 0 radical (unpaired) electrons. The van der Waals surface area contributed by atoms with Crippen molar-refractivity contribution in [1.29, 1.82) is 0 Å². The summed E-state index contributed by atoms with van der Waals surface area (Å²) in [4.78, 5) is 12.5. The molecule has 3 rings (SSSR count). The number of hydrogen-bond donors (Lipinski definition) is 0. The SMILES string of the molecule is COc1cc(Br)c(Cn2nnc3ccccc3c2=O)cc1OC. The van der Waals surface area contributed by atoms with Gasteiger partial charge < -0.3 is 9.47 Å². The van der Waals surface area contributed by atoms with E-state index in [0.717, 1.165) is 10.0 Å². The summed E-state index contributed by atoms with van der Waals surface area (Å²) in [6, 6.07) is 10.8. The number of ether oxygens (including phenoxy) is 2. The maximum Gasteiger partial charge on any atom is 0.277 e. The molecule has 0 aliphatic carbocycles. The molecule has 0 unspecified atom stereocenters. The van der Waals surface area contributed by atoms with Gasteiger partial charge in [0.1, 0.15) is 5.52 Å². The Balaban J connectivity index is 2.06. The van der Waals surface area contributed by atoms with E-state index in [4.69, 9.17) is 9.47 Å². The summed E-state index contributed by atoms with van der Waals surface area (Å²) in [5, 5.41) is 8.63. The smallest absolute Gasteiger partial charge is 0.277 e. The number of benzene rings is 2. The lowest BCUT2D eigenvalue weighted by Gasteiger charge is -2.12. The van der Waals surface area contributed by atoms with Crippen molar-refractivity contribution in [3.63, 3.8) is 0 Å². The highest BCUT2D eigenvalue weighted by molar-refractivity contribution is 9.10. The Labute approximate surface area is 140 Å². The van der Waals surface area contributed by atoms with E-state index < -0.39 is 0 Å². The van der Waals surface area contributed by atoms with E-state index in [9.17, 15) is 4.79 Å². The van der Waals surface area contributed by atoms with Gasteiger partial charge in [0.25, 0.3) is 5.56 Å². The third-order valence-corrected chi connectivity index (χ3v) is 4.24. The van der Waals surface area contributed by atoms with Gasteiger partial charge in [-0.2, -0.15) is 0 Å². The second-order valence-corrected chi connectivity index (χ2v) is 5.72. The maximum absolute atomic E-state index is 12.5. The number of rotatable bonds is 4. The second-order valence-electron chi connectivity index (χ2n) is 4.87. The molecule has 0 aliphatic rings. The highest BCUT2D eigenvalue weighted by Crippen LogP contribution is 2.33. The zero-order chi connectivity index (χ0) is 16.4. The van der Waals surface area contributed by atoms with Crippen LogP contribution in [0.25, 0.3) is 10.9 Å². The van der Waals surface area contributed by atoms with E-state index in [1.165, 1.54) is 4.68 Å². The standard InChI is InChI=1S/C16H14BrN3O3/c1-22-14-7-10(12(17)8-15(14)23-2)9-20-16(21)11-5-3-4-6-13(11)18-19-20/h3-8H,9H2,1-2H3. The van der Waals surface area contributed by atoms with E-state index in [1.807, 2.05) is 18.2 Å². The van der Waals surface area contributed by atoms with Gasteiger partial charge in [0, 0.05) is 4.47 Å². The molecule has 23 heavy (non-hydrogen) atoms. The maximum atomic E-state index is 12.5. The van der Waals surface area contributed by atoms with Crippen LogP contribution >= 0.6 is 15.9 Å². The molecule has 118 valence electrons. The summed E-state index contributed by atoms with van der Waals surface area (Å²) in [5.74, 6) is 1.20. The lowest BCUT2D eigenvalue weighted by molar-refractivity contribution is 0.354. The summed E-state index contributed by atoms with van der Waals surface area (Å²) in [5.41, 5.74) is 1.24. The molecule has 1 heterocycles. The van der Waals surface area contributed by atoms with Crippen molar-refractivity contribution >= 4 is 26.8 Å². The molecule has 0 bridgehead atoms. The van der Waals surface area contributed by atoms with Crippen molar-refractivity contribution in [2.24, 2.45) is 0 Å². The highest BCUT2D eigenvalue weighted by Gasteiger charge is 2.12. The summed E-state index contributed by atoms with van der Waals surface area (Å²) in [7, 11) is 3.14. The Morgan fingerprint density at radius 2 is 1.83 bits per heavy atom. The fraction of sp³-hybridized carbons (Fsp3) is 0.188. The first-order valence-electron chi connectivity index (χ1n) is 6.87. The van der Waals surface area contributed by atoms with E-state index in [-0.39, 0.29) is 12.1 Å². The van der Waals surface area contributed by atoms with E-state index >= 15 is 0 Å². The predicted octanol–water partition coefficient (Wildman–Crippen LogP) is 2.62. The average Bonchev–Trinajstić information content (AvgIpc) is 2.58. The molecular weight excluding hydrogens is 362 g/mol. The van der Waals surface area contributed by atoms with E-state index in [0.29, 0.717) is 22.4 Å². The molecule has 0 saturated carbocycles. The fourth-order valence-corrected chi connectivity index (χ4v) is 2.75. The number of halogens is 1. The van der Waals surface area contributed by atoms with Crippen LogP contribution in [-0.4, -0.2) is 29.2 Å². The highest BCUT2D eigenvalue weighted by atomic mass is 79.9. The monoisotopic (exact) mass is 375 g/mol. The van der Waals surface area contributed by atoms with Gasteiger partial charge in [-0.15, -0.1) is 5.10 Å². The van der Waals surface area contributed by atoms with Crippen LogP contribution < -0.4 is 15.0 Å². The molecule has 0 fully saturated rings. The molecule has 2 aromatic carbocycles. The van der Waals surface area contributed by atoms with Crippen molar-refractivity contribution in [1.82, 2.24) is 15.0 Å². The van der Waals surface area contributed by atoms with Crippen LogP contribution in [0.15, 0.2) is 45.7 Å². The van der Waals surface area contributed by atoms with Gasteiger partial charge in [-0.1, -0.05) is 33.3 Å². The molecule has 0 N–H and O–H groups in total. The first-order chi connectivity index (χ1) is 11.1. The van der Waals surface area contributed by atoms with Crippen LogP contribution in [0.4, 0.5) is 0 Å². The summed E-state index contributed by atoms with van der Waals surface area (Å²) >= 11 is 3.48. The third-order valence-electron chi connectivity index (χ3n) is 3.50. The Morgan fingerprint density at radius 3 is 2.57 bits per heavy atom. The predicted molar refractivity (Wildman–Crippen MR) is 90.1 cm³/mol. The third kappa shape index (κ3) is 2.92. The zero-order valence-corrected chi connectivity index (χ0v) is 14.2. The lowest BCUT2D eigenvalue weighted by atomic mass is 10.2. The van der Waals surface area contributed by atoms with Crippen molar-refractivity contribution in [2.75, 3.05) is 14.2 Å². The van der Waals surface area contributed by atoms with Crippen LogP contribution in [0, 0.1) is 0 Å². The van der Waals surface area contributed by atoms with Gasteiger partial charge in [0.2, 0.25) is 0 Å². The molecule has 3 aromatic rings. The summed E-state index contributed by atoms with van der Waals surface area (Å²) in [6.45, 7) is 0.275. The summed E-state index contributed by atoms with van der Waals surface area (Å²) < 4.78 is 12.7. The first kappa shape index (κ1) is 15.5. The Kier molecular flexibility index (Phi) is 4.29. The van der Waals surface area contributed by atoms with Gasteiger partial charge in [-0.25, -0.2) is 4.68 Å². The van der Waals surface area contributed by atoms with Gasteiger partial charge in [0.05, 0.1) is 26.2 Å². The second kappa shape index (κ2) is 6.37. The Bertz CT molecular complexity index is 924. The molecule has 0 amide bonds. The minimum absolute atomic E-state index is 0.183. The zero-order valence-electron chi connectivity index (χ0n) is 12.6. The number of hydrogen-bond acceptors (Lipinski definition) is 5. The largest absolute Gasteiger partial charge is 0.493 e. The van der Waals surface area contributed by atoms with Gasteiger partial charge >= 0.3 is 0 Å². The summed E-state index contributed by atoms with van der Waals surface area (Å²) in [6.07, 6.45) is 0. The normalized spacial score (nSPS) is 10.7. The van der Waals surface area contributed by atoms with Crippen molar-refractivity contribution < 1.29 is 9.47 Å². The Hall–Kier alpha value is -2.41. The van der Waals surface area contributed by atoms with E-state index in [2.05, 4.69) is 26.2 Å². The molecule has 1 aromatic heterocycles. The lowest BCUT2D eigenvalue weighted by Crippen LogP contribution is -2.24. The van der Waals surface area contributed by atoms with Crippen LogP contribution in [0.3, 0.4) is 0 Å². The van der Waals surface area contributed by atoms with Gasteiger partial charge in [0.15, 0.2) is 11.5 Å². The Morgan fingerprint density at radius 1 is 1.13 bits per heavy atom. The minimum atomic E-state index is -0.183. The molecule has 0 atom stereocenters. The molecule has 7 heteroatoms. The van der Waals surface area contributed by atoms with Crippen LogP contribution in [0.2, 0.25) is 0 Å². The van der Waals surface area contributed by atoms with Gasteiger partial charge in [-0.05, 0) is 29.8 Å². The van der Waals surface area contributed by atoms with Gasteiger partial charge in [-0.3, -0.25) is 4.79 Å². The average molecular weight is 376 g/mol. The first-order valence-corrected chi connectivity index (χ1v) is 7.66. The van der Waals surface area contributed by atoms with Crippen molar-refractivity contribution in [2.45, 2.75) is 6.54 Å². The number of nitrogens with zero attached hydrogens (tertiary/aromatic N) is 3. The van der Waals surface area contributed by atoms with Crippen LogP contribution in [-0.2, 0) is 6.54 Å². The quantitative estimate of drug-likeness (QED) is 0.701. The molecule has 0 saturated heterocycles. The minimum Gasteiger partial charge on any atom is -0.493 e. The molecule has 0 spiro atoms. The van der Waals surface area contributed by atoms with Crippen LogP contribution in [0.5, 0.6) is 11.5 Å². The molecule has 0 aliphatic heterocycles. The number of aromatic nitrogens is 3. The van der Waals surface area contributed by atoms with Crippen LogP contribution in [0.1, 0.15) is 5.56 Å². The fourth-order valence-electron chi connectivity index (χ4n) is 2.31. The topological polar surface area (TPSA) is 66.2 Å². The van der Waals surface area contributed by atoms with E-state index in [1.54, 1.807) is 32.4 Å².